The third-order valence-electron chi connectivity index (χ3n) is 5.53. The molecule has 1 heterocycles. The summed E-state index contributed by atoms with van der Waals surface area (Å²) in [6.07, 6.45) is 2.11. The normalized spacial score (nSPS) is 15.5. The van der Waals surface area contributed by atoms with Crippen LogP contribution in [-0.4, -0.2) is 40.6 Å². The van der Waals surface area contributed by atoms with Crippen molar-refractivity contribution >= 4 is 34.8 Å². The van der Waals surface area contributed by atoms with E-state index in [2.05, 4.69) is 17.6 Å². The monoisotopic (exact) mass is 438 g/mol. The third kappa shape index (κ3) is 5.29. The van der Waals surface area contributed by atoms with Crippen molar-refractivity contribution in [2.75, 3.05) is 23.7 Å². The van der Waals surface area contributed by atoms with Crippen LogP contribution in [0.3, 0.4) is 0 Å². The summed E-state index contributed by atoms with van der Waals surface area (Å²) in [6, 6.07) is 10.8. The molecule has 168 valence electrons. The molecule has 2 aromatic carbocycles. The lowest BCUT2D eigenvalue weighted by Gasteiger charge is -2.16. The Balaban J connectivity index is 1.60. The van der Waals surface area contributed by atoms with Gasteiger partial charge in [0.25, 0.3) is 11.6 Å². The van der Waals surface area contributed by atoms with Crippen molar-refractivity contribution < 1.29 is 19.3 Å². The molecule has 0 bridgehead atoms. The number of hydrogen-bond acceptors (Lipinski definition) is 5. The molecular weight excluding hydrogens is 412 g/mol. The average molecular weight is 438 g/mol. The number of nitro groups is 1. The van der Waals surface area contributed by atoms with Gasteiger partial charge < -0.3 is 15.5 Å². The molecule has 1 saturated heterocycles. The van der Waals surface area contributed by atoms with Crippen LogP contribution in [0.5, 0.6) is 0 Å². The number of unbranched alkanes of at least 4 members (excludes halogenated alkanes) is 1. The number of anilines is 2. The van der Waals surface area contributed by atoms with E-state index in [0.29, 0.717) is 35.6 Å². The summed E-state index contributed by atoms with van der Waals surface area (Å²) >= 11 is 0. The van der Waals surface area contributed by atoms with Gasteiger partial charge in [-0.05, 0) is 43.7 Å². The molecule has 3 rings (SSSR count). The lowest BCUT2D eigenvalue weighted by atomic mass is 10.1. The van der Waals surface area contributed by atoms with Gasteiger partial charge in [0.2, 0.25) is 11.8 Å². The topological polar surface area (TPSA) is 122 Å². The van der Waals surface area contributed by atoms with E-state index in [0.717, 1.165) is 12.8 Å². The summed E-state index contributed by atoms with van der Waals surface area (Å²) in [7, 11) is 0. The first-order valence-electron chi connectivity index (χ1n) is 10.5. The molecule has 3 amide bonds. The Morgan fingerprint density at radius 3 is 2.53 bits per heavy atom. The lowest BCUT2D eigenvalue weighted by Crippen LogP contribution is -2.29. The Bertz CT molecular complexity index is 1040. The molecule has 32 heavy (non-hydrogen) atoms. The Labute approximate surface area is 185 Å². The second kappa shape index (κ2) is 10.0. The largest absolute Gasteiger partial charge is 0.342 e. The van der Waals surface area contributed by atoms with E-state index in [1.54, 1.807) is 42.2 Å². The minimum Gasteiger partial charge on any atom is -0.342 e. The van der Waals surface area contributed by atoms with Crippen LogP contribution in [0.4, 0.5) is 17.1 Å². The first kappa shape index (κ1) is 22.9. The van der Waals surface area contributed by atoms with Gasteiger partial charge in [0.05, 0.1) is 22.1 Å². The molecule has 2 aromatic rings. The summed E-state index contributed by atoms with van der Waals surface area (Å²) in [4.78, 5) is 49.4. The number of nitrogens with zero attached hydrogens (tertiary/aromatic N) is 2. The predicted molar refractivity (Wildman–Crippen MR) is 120 cm³/mol. The van der Waals surface area contributed by atoms with Gasteiger partial charge in [0, 0.05) is 36.8 Å². The van der Waals surface area contributed by atoms with Gasteiger partial charge in [0.1, 0.15) is 0 Å². The molecule has 1 aliphatic heterocycles. The van der Waals surface area contributed by atoms with E-state index < -0.39 is 10.8 Å². The zero-order valence-corrected chi connectivity index (χ0v) is 18.1. The van der Waals surface area contributed by atoms with E-state index in [-0.39, 0.29) is 29.8 Å². The number of rotatable bonds is 8. The Kier molecular flexibility index (Phi) is 7.19. The molecule has 2 N–H and O–H groups in total. The molecule has 0 aliphatic carbocycles. The number of nitrogens with one attached hydrogen (secondary N) is 2. The molecule has 0 radical (unpaired) electrons. The van der Waals surface area contributed by atoms with Gasteiger partial charge in [-0.2, -0.15) is 0 Å². The summed E-state index contributed by atoms with van der Waals surface area (Å²) in [5.41, 5.74) is 1.53. The van der Waals surface area contributed by atoms with E-state index >= 15 is 0 Å². The first-order chi connectivity index (χ1) is 15.3. The number of likely N-dealkylation sites (tertiary alicyclic amines) is 1. The van der Waals surface area contributed by atoms with Gasteiger partial charge in [0.15, 0.2) is 0 Å². The van der Waals surface area contributed by atoms with Crippen molar-refractivity contribution in [2.45, 2.75) is 33.1 Å². The number of carbonyl (C=O) groups is 3. The molecule has 0 spiro atoms. The van der Waals surface area contributed by atoms with Gasteiger partial charge in [-0.25, -0.2) is 0 Å². The number of nitro benzene ring substituents is 1. The van der Waals surface area contributed by atoms with Crippen molar-refractivity contribution in [1.82, 2.24) is 4.90 Å². The second-order valence-corrected chi connectivity index (χ2v) is 7.82. The zero-order chi connectivity index (χ0) is 23.3. The third-order valence-corrected chi connectivity index (χ3v) is 5.53. The van der Waals surface area contributed by atoms with E-state index in [4.69, 9.17) is 0 Å². The molecule has 1 atom stereocenters. The number of carbonyl (C=O) groups excluding carboxylic acids is 3. The van der Waals surface area contributed by atoms with E-state index in [1.807, 2.05) is 0 Å². The van der Waals surface area contributed by atoms with Crippen LogP contribution in [-0.2, 0) is 9.59 Å². The van der Waals surface area contributed by atoms with Crippen LogP contribution in [0.15, 0.2) is 42.5 Å². The maximum Gasteiger partial charge on any atom is 0.274 e. The van der Waals surface area contributed by atoms with Crippen molar-refractivity contribution in [2.24, 2.45) is 5.92 Å². The van der Waals surface area contributed by atoms with Gasteiger partial charge in [-0.15, -0.1) is 0 Å². The minimum atomic E-state index is -0.497. The average Bonchev–Trinajstić information content (AvgIpc) is 3.14. The van der Waals surface area contributed by atoms with Crippen molar-refractivity contribution in [1.29, 1.82) is 0 Å². The molecule has 9 heteroatoms. The summed E-state index contributed by atoms with van der Waals surface area (Å²) in [6.45, 7) is 4.73. The highest BCUT2D eigenvalue weighted by atomic mass is 16.6. The SMILES string of the molecule is CCCCN1C[C@@H](C(=O)Nc2ccc(C(=O)Nc3cccc([N+](=O)[O-])c3C)cc2)CC1=O. The van der Waals surface area contributed by atoms with Crippen LogP contribution in [0.25, 0.3) is 0 Å². The highest BCUT2D eigenvalue weighted by molar-refractivity contribution is 6.05. The highest BCUT2D eigenvalue weighted by Crippen LogP contribution is 2.26. The van der Waals surface area contributed by atoms with Crippen LogP contribution in [0, 0.1) is 23.0 Å². The standard InChI is InChI=1S/C23H26N4O5/c1-3-4-12-26-14-17(13-21(26)28)23(30)24-18-10-8-16(9-11-18)22(29)25-19-6-5-7-20(15(19)2)27(31)32/h5-11,17H,3-4,12-14H2,1-2H3,(H,24,30)(H,25,29)/t17-/m0/s1. The Morgan fingerprint density at radius 1 is 1.16 bits per heavy atom. The van der Waals surface area contributed by atoms with Crippen molar-refractivity contribution in [3.8, 4) is 0 Å². The maximum absolute atomic E-state index is 12.5. The maximum atomic E-state index is 12.5. The van der Waals surface area contributed by atoms with Crippen molar-refractivity contribution in [3.63, 3.8) is 0 Å². The second-order valence-electron chi connectivity index (χ2n) is 7.82. The molecule has 9 nitrogen and oxygen atoms in total. The van der Waals surface area contributed by atoms with Crippen molar-refractivity contribution in [3.05, 3.63) is 63.7 Å². The fourth-order valence-electron chi connectivity index (χ4n) is 3.61. The highest BCUT2D eigenvalue weighted by Gasteiger charge is 2.33. The number of hydrogen-bond donors (Lipinski definition) is 2. The Morgan fingerprint density at radius 2 is 1.88 bits per heavy atom. The fourth-order valence-corrected chi connectivity index (χ4v) is 3.61. The van der Waals surface area contributed by atoms with E-state index in [1.165, 1.54) is 12.1 Å². The van der Waals surface area contributed by atoms with Crippen LogP contribution in [0.1, 0.15) is 42.1 Å². The van der Waals surface area contributed by atoms with Crippen LogP contribution >= 0.6 is 0 Å². The number of amides is 3. The van der Waals surface area contributed by atoms with Gasteiger partial charge in [-0.3, -0.25) is 24.5 Å². The molecule has 0 saturated carbocycles. The summed E-state index contributed by atoms with van der Waals surface area (Å²) in [5.74, 6) is -1.03. The molecule has 1 fully saturated rings. The molecule has 1 aliphatic rings. The van der Waals surface area contributed by atoms with Crippen LogP contribution in [0.2, 0.25) is 0 Å². The predicted octanol–water partition coefficient (Wildman–Crippen LogP) is 3.74. The molecular formula is C23H26N4O5. The minimum absolute atomic E-state index is 0.00191. The molecule has 0 unspecified atom stereocenters. The Hall–Kier alpha value is -3.75. The summed E-state index contributed by atoms with van der Waals surface area (Å²) < 4.78 is 0. The fraction of sp³-hybridized carbons (Fsp3) is 0.348. The molecule has 0 aromatic heterocycles. The summed E-state index contributed by atoms with van der Waals surface area (Å²) in [5, 5.41) is 16.6. The first-order valence-corrected chi connectivity index (χ1v) is 10.5. The number of benzene rings is 2. The quantitative estimate of drug-likeness (QED) is 0.480. The zero-order valence-electron chi connectivity index (χ0n) is 18.1. The smallest absolute Gasteiger partial charge is 0.274 e. The lowest BCUT2D eigenvalue weighted by molar-refractivity contribution is -0.385. The van der Waals surface area contributed by atoms with Gasteiger partial charge in [-0.1, -0.05) is 19.4 Å². The van der Waals surface area contributed by atoms with Gasteiger partial charge >= 0.3 is 0 Å². The van der Waals surface area contributed by atoms with Crippen LogP contribution < -0.4 is 10.6 Å². The van der Waals surface area contributed by atoms with E-state index in [9.17, 15) is 24.5 Å².